The Bertz CT molecular complexity index is 1150. The molecule has 2 amide bonds. The molecule has 0 spiro atoms. The number of fused-ring (bicyclic) bond motifs is 1. The van der Waals surface area contributed by atoms with E-state index in [2.05, 4.69) is 25.8 Å². The van der Waals surface area contributed by atoms with Crippen LogP contribution in [0.25, 0.3) is 0 Å². The first-order valence-corrected chi connectivity index (χ1v) is 12.4. The van der Waals surface area contributed by atoms with E-state index in [1.54, 1.807) is 19.1 Å². The summed E-state index contributed by atoms with van der Waals surface area (Å²) in [6.45, 7) is 4.47. The molecule has 192 valence electrons. The molecule has 1 aromatic rings. The summed E-state index contributed by atoms with van der Waals surface area (Å²) in [6, 6.07) is 1.66. The Morgan fingerprint density at radius 2 is 2.08 bits per heavy atom. The number of hydrogen-bond donors (Lipinski definition) is 3. The molecule has 9 heteroatoms. The number of pyridine rings is 1. The highest BCUT2D eigenvalue weighted by atomic mass is 19.1. The summed E-state index contributed by atoms with van der Waals surface area (Å²) in [5.74, 6) is -0.118. The van der Waals surface area contributed by atoms with Crippen molar-refractivity contribution in [2.75, 3.05) is 39.0 Å². The Balaban J connectivity index is 1.41. The summed E-state index contributed by atoms with van der Waals surface area (Å²) in [5, 5.41) is 9.10. The van der Waals surface area contributed by atoms with E-state index >= 15 is 0 Å². The van der Waals surface area contributed by atoms with E-state index in [0.29, 0.717) is 48.5 Å². The normalized spacial score (nSPS) is 19.8. The van der Waals surface area contributed by atoms with E-state index in [9.17, 15) is 14.0 Å². The number of carbonyl (C=O) groups is 2. The van der Waals surface area contributed by atoms with Gasteiger partial charge in [0.1, 0.15) is 17.4 Å². The van der Waals surface area contributed by atoms with Crippen LogP contribution < -0.4 is 20.7 Å². The zero-order valence-electron chi connectivity index (χ0n) is 21.1. The fourth-order valence-electron chi connectivity index (χ4n) is 4.38. The van der Waals surface area contributed by atoms with Crippen molar-refractivity contribution in [3.8, 4) is 5.75 Å². The van der Waals surface area contributed by atoms with Crippen LogP contribution in [-0.2, 0) is 16.0 Å². The van der Waals surface area contributed by atoms with Gasteiger partial charge in [0.05, 0.1) is 0 Å². The SMILES string of the molecule is C[C@@H]1CC(NC(=O)C2=CC=C(CNCCN(C)C)CC2)=CC(Oc2ccnc3c2CCC(=O)N3)=C1F. The molecular weight excluding hydrogens is 461 g/mol. The summed E-state index contributed by atoms with van der Waals surface area (Å²) in [6.07, 6.45) is 9.62. The fraction of sp³-hybridized carbons (Fsp3) is 0.444. The average molecular weight is 496 g/mol. The van der Waals surface area contributed by atoms with Gasteiger partial charge in [0.2, 0.25) is 5.91 Å². The molecule has 0 fully saturated rings. The zero-order chi connectivity index (χ0) is 25.7. The van der Waals surface area contributed by atoms with Gasteiger partial charge in [-0.3, -0.25) is 9.59 Å². The molecular formula is C27H34FN5O3. The number of allylic oxidation sites excluding steroid dienone is 5. The first-order valence-electron chi connectivity index (χ1n) is 12.4. The second kappa shape index (κ2) is 11.6. The van der Waals surface area contributed by atoms with Crippen LogP contribution in [0.1, 0.15) is 38.2 Å². The van der Waals surface area contributed by atoms with Gasteiger partial charge in [-0.25, -0.2) is 9.37 Å². The minimum absolute atomic E-state index is 0.0676. The molecule has 0 unspecified atom stereocenters. The average Bonchev–Trinajstić information content (AvgIpc) is 2.85. The number of ether oxygens (including phenoxy) is 1. The van der Waals surface area contributed by atoms with Crippen molar-refractivity contribution in [2.24, 2.45) is 5.92 Å². The van der Waals surface area contributed by atoms with E-state index in [1.807, 2.05) is 26.2 Å². The number of anilines is 1. The molecule has 2 heterocycles. The molecule has 0 saturated carbocycles. The van der Waals surface area contributed by atoms with Gasteiger partial charge in [-0.1, -0.05) is 24.6 Å². The van der Waals surface area contributed by atoms with Crippen LogP contribution in [0.3, 0.4) is 0 Å². The van der Waals surface area contributed by atoms with Crippen molar-refractivity contribution >= 4 is 17.6 Å². The second-order valence-corrected chi connectivity index (χ2v) is 9.72. The van der Waals surface area contributed by atoms with Crippen LogP contribution in [0.4, 0.5) is 10.2 Å². The quantitative estimate of drug-likeness (QED) is 0.455. The summed E-state index contributed by atoms with van der Waals surface area (Å²) in [4.78, 5) is 30.9. The molecule has 3 N–H and O–H groups in total. The molecule has 2 aliphatic carbocycles. The molecule has 0 radical (unpaired) electrons. The molecule has 1 aromatic heterocycles. The molecule has 1 atom stereocenters. The molecule has 0 saturated heterocycles. The van der Waals surface area contributed by atoms with Gasteiger partial charge in [0.15, 0.2) is 5.76 Å². The Hall–Kier alpha value is -3.30. The van der Waals surface area contributed by atoms with E-state index in [-0.39, 0.29) is 23.4 Å². The molecule has 0 aromatic carbocycles. The highest BCUT2D eigenvalue weighted by molar-refractivity contribution is 5.95. The Labute approximate surface area is 211 Å². The summed E-state index contributed by atoms with van der Waals surface area (Å²) in [7, 11) is 4.09. The molecule has 8 nitrogen and oxygen atoms in total. The van der Waals surface area contributed by atoms with Crippen LogP contribution in [0.2, 0.25) is 0 Å². The number of hydrogen-bond acceptors (Lipinski definition) is 6. The fourth-order valence-corrected chi connectivity index (χ4v) is 4.38. The smallest absolute Gasteiger partial charge is 0.251 e. The second-order valence-electron chi connectivity index (χ2n) is 9.72. The highest BCUT2D eigenvalue weighted by Gasteiger charge is 2.26. The van der Waals surface area contributed by atoms with Crippen LogP contribution in [0, 0.1) is 5.92 Å². The third-order valence-electron chi connectivity index (χ3n) is 6.48. The molecule has 36 heavy (non-hydrogen) atoms. The Kier molecular flexibility index (Phi) is 8.32. The minimum Gasteiger partial charge on any atom is -0.454 e. The summed E-state index contributed by atoms with van der Waals surface area (Å²) < 4.78 is 20.9. The van der Waals surface area contributed by atoms with Gasteiger partial charge in [0, 0.05) is 61.1 Å². The first-order chi connectivity index (χ1) is 17.3. The van der Waals surface area contributed by atoms with E-state index in [4.69, 9.17) is 4.74 Å². The monoisotopic (exact) mass is 495 g/mol. The first kappa shape index (κ1) is 25.8. The number of amides is 2. The Morgan fingerprint density at radius 1 is 1.25 bits per heavy atom. The van der Waals surface area contributed by atoms with Gasteiger partial charge >= 0.3 is 0 Å². The van der Waals surface area contributed by atoms with Crippen LogP contribution in [0.5, 0.6) is 5.75 Å². The van der Waals surface area contributed by atoms with Gasteiger partial charge in [-0.15, -0.1) is 0 Å². The molecule has 1 aliphatic heterocycles. The number of likely N-dealkylation sites (N-methyl/N-ethyl adjacent to an activating group) is 1. The van der Waals surface area contributed by atoms with Crippen molar-refractivity contribution in [1.29, 1.82) is 0 Å². The highest BCUT2D eigenvalue weighted by Crippen LogP contribution is 2.35. The largest absolute Gasteiger partial charge is 0.454 e. The lowest BCUT2D eigenvalue weighted by atomic mass is 9.95. The Morgan fingerprint density at radius 3 is 2.83 bits per heavy atom. The van der Waals surface area contributed by atoms with Crippen LogP contribution >= 0.6 is 0 Å². The predicted octanol–water partition coefficient (Wildman–Crippen LogP) is 3.36. The number of halogens is 1. The lowest BCUT2D eigenvalue weighted by molar-refractivity contribution is -0.117. The maximum Gasteiger partial charge on any atom is 0.251 e. The number of rotatable bonds is 9. The summed E-state index contributed by atoms with van der Waals surface area (Å²) >= 11 is 0. The van der Waals surface area contributed by atoms with E-state index in [1.165, 1.54) is 11.8 Å². The maximum absolute atomic E-state index is 15.0. The van der Waals surface area contributed by atoms with Crippen molar-refractivity contribution in [2.45, 2.75) is 39.0 Å². The van der Waals surface area contributed by atoms with Gasteiger partial charge in [-0.2, -0.15) is 0 Å². The number of carbonyl (C=O) groups excluding carboxylic acids is 2. The van der Waals surface area contributed by atoms with Crippen molar-refractivity contribution in [1.82, 2.24) is 20.5 Å². The molecule has 0 bridgehead atoms. The standard InChI is InChI=1S/C27H34FN5O3/c1-17-14-20(31-27(35)19-6-4-18(5-7-19)16-29-12-13-33(2)3)15-23(25(17)28)36-22-10-11-30-26-21(22)8-9-24(34)32-26/h4,6,10-11,15,17,29H,5,7-9,12-14,16H2,1-3H3,(H,31,35)(H,30,32,34)/t17-/m1/s1. The lowest BCUT2D eigenvalue weighted by Gasteiger charge is -2.24. The van der Waals surface area contributed by atoms with Crippen molar-refractivity contribution in [3.05, 3.63) is 64.5 Å². The van der Waals surface area contributed by atoms with E-state index < -0.39 is 5.92 Å². The minimum atomic E-state index is -0.433. The topological polar surface area (TPSA) is 95.6 Å². The van der Waals surface area contributed by atoms with Crippen molar-refractivity contribution < 1.29 is 18.7 Å². The van der Waals surface area contributed by atoms with Crippen LogP contribution in [-0.4, -0.2) is 55.4 Å². The molecule has 4 rings (SSSR count). The van der Waals surface area contributed by atoms with Crippen molar-refractivity contribution in [3.63, 3.8) is 0 Å². The number of nitrogens with one attached hydrogen (secondary N) is 3. The predicted molar refractivity (Wildman–Crippen MR) is 137 cm³/mol. The summed E-state index contributed by atoms with van der Waals surface area (Å²) in [5.41, 5.74) is 3.33. The third kappa shape index (κ3) is 6.47. The van der Waals surface area contributed by atoms with Gasteiger partial charge in [-0.05, 0) is 45.8 Å². The zero-order valence-corrected chi connectivity index (χ0v) is 21.1. The third-order valence-corrected chi connectivity index (χ3v) is 6.48. The van der Waals surface area contributed by atoms with Gasteiger partial charge < -0.3 is 25.6 Å². The number of nitrogens with zero attached hydrogens (tertiary/aromatic N) is 2. The van der Waals surface area contributed by atoms with E-state index in [0.717, 1.165) is 31.6 Å². The van der Waals surface area contributed by atoms with Gasteiger partial charge in [0.25, 0.3) is 5.91 Å². The molecule has 3 aliphatic rings. The van der Waals surface area contributed by atoms with Crippen LogP contribution in [0.15, 0.2) is 58.9 Å². The maximum atomic E-state index is 15.0. The lowest BCUT2D eigenvalue weighted by Crippen LogP contribution is -2.29. The number of aromatic nitrogens is 1.